The highest BCUT2D eigenvalue weighted by Crippen LogP contribution is 1.83. The van der Waals surface area contributed by atoms with Crippen molar-refractivity contribution in [1.29, 1.82) is 0 Å². The van der Waals surface area contributed by atoms with E-state index >= 15 is 0 Å². The van der Waals surface area contributed by atoms with Gasteiger partial charge in [0.25, 0.3) is 0 Å². The maximum absolute atomic E-state index is 4.87. The van der Waals surface area contributed by atoms with E-state index < -0.39 is 0 Å². The van der Waals surface area contributed by atoms with Crippen LogP contribution in [0.2, 0.25) is 0 Å². The highest BCUT2D eigenvalue weighted by atomic mass is 32.1. The van der Waals surface area contributed by atoms with E-state index in [1.54, 1.807) is 0 Å². The van der Waals surface area contributed by atoms with E-state index in [2.05, 4.69) is 33.5 Å². The molecule has 0 aliphatic carbocycles. The van der Waals surface area contributed by atoms with E-state index in [4.69, 9.17) is 12.8 Å². The normalized spacial score (nSPS) is 7.00. The van der Waals surface area contributed by atoms with E-state index in [1.807, 2.05) is 0 Å². The van der Waals surface area contributed by atoms with Crippen LogP contribution in [0.1, 0.15) is 0 Å². The Balaban J connectivity index is 3.30. The lowest BCUT2D eigenvalue weighted by Crippen LogP contribution is -2.06. The molecule has 0 spiro atoms. The Morgan fingerprint density at radius 2 is 1.60 bits per heavy atom. The number of hydrogen-bond acceptors (Lipinski definition) is 3. The molecule has 52 valence electrons. The largest absolute Gasteiger partial charge is 0.444 e. The van der Waals surface area contributed by atoms with Crippen molar-refractivity contribution in [3.05, 3.63) is 0 Å². The molecular weight excluding hydrogens is 148 g/mol. The summed E-state index contributed by atoms with van der Waals surface area (Å²) in [5.41, 5.74) is 0. The van der Waals surface area contributed by atoms with Crippen LogP contribution in [0, 0.1) is 24.7 Å². The highest BCUT2D eigenvalue weighted by Gasteiger charge is 1.92. The summed E-state index contributed by atoms with van der Waals surface area (Å²) in [4.78, 5) is 0. The third-order valence-corrected chi connectivity index (χ3v) is 0.782. The second-order valence-electron chi connectivity index (χ2n) is 1.24. The smallest absolute Gasteiger partial charge is 0.354 e. The third kappa shape index (κ3) is 4.96. The van der Waals surface area contributed by atoms with Crippen molar-refractivity contribution in [1.82, 2.24) is 0 Å². The summed E-state index contributed by atoms with van der Waals surface area (Å²) in [6, 6.07) is 0. The topological polar surface area (TPSA) is 18.5 Å². The SMILES string of the molecule is C#CCOC(=S)OCC#C. The van der Waals surface area contributed by atoms with Gasteiger partial charge in [-0.25, -0.2) is 0 Å². The first-order chi connectivity index (χ1) is 4.81. The van der Waals surface area contributed by atoms with E-state index in [9.17, 15) is 0 Å². The molecule has 0 radical (unpaired) electrons. The zero-order chi connectivity index (χ0) is 7.82. The molecule has 0 atom stereocenters. The van der Waals surface area contributed by atoms with Gasteiger partial charge in [-0.05, 0) is 0 Å². The maximum Gasteiger partial charge on any atom is 0.354 e. The molecule has 0 N–H and O–H groups in total. The molecule has 0 aromatic carbocycles. The second-order valence-corrected chi connectivity index (χ2v) is 1.57. The number of hydrogen-bond donors (Lipinski definition) is 0. The minimum absolute atomic E-state index is 0.00380. The Morgan fingerprint density at radius 1 is 1.20 bits per heavy atom. The van der Waals surface area contributed by atoms with Crippen LogP contribution in [-0.2, 0) is 9.47 Å². The molecule has 0 rings (SSSR count). The average molecular weight is 154 g/mol. The standard InChI is InChI=1S/C7H6O2S/c1-3-5-8-7(10)9-6-4-2/h1-2H,5-6H2. The van der Waals surface area contributed by atoms with Gasteiger partial charge in [0, 0.05) is 12.2 Å². The Labute approximate surface area is 65.5 Å². The molecule has 0 aromatic rings. The summed E-state index contributed by atoms with van der Waals surface area (Å²) in [6.07, 6.45) is 9.75. The van der Waals surface area contributed by atoms with Crippen molar-refractivity contribution in [3.8, 4) is 24.7 Å². The second kappa shape index (κ2) is 5.94. The molecule has 0 unspecified atom stereocenters. The molecule has 0 saturated heterocycles. The van der Waals surface area contributed by atoms with Crippen molar-refractivity contribution < 1.29 is 9.47 Å². The predicted molar refractivity (Wildman–Crippen MR) is 42.2 cm³/mol. The lowest BCUT2D eigenvalue weighted by atomic mass is 10.7. The Hall–Kier alpha value is -1.19. The molecule has 0 aliphatic rings. The molecule has 0 amide bonds. The summed E-state index contributed by atoms with van der Waals surface area (Å²) in [7, 11) is 0. The minimum atomic E-state index is -0.00380. The Kier molecular flexibility index (Phi) is 5.23. The van der Waals surface area contributed by atoms with E-state index in [1.165, 1.54) is 0 Å². The van der Waals surface area contributed by atoms with Crippen LogP contribution >= 0.6 is 12.2 Å². The quantitative estimate of drug-likeness (QED) is 0.428. The first kappa shape index (κ1) is 8.81. The van der Waals surface area contributed by atoms with Gasteiger partial charge in [-0.2, -0.15) is 0 Å². The molecule has 0 saturated carbocycles. The van der Waals surface area contributed by atoms with E-state index in [0.29, 0.717) is 0 Å². The average Bonchev–Trinajstić information content (AvgIpc) is 1.97. The van der Waals surface area contributed by atoms with Gasteiger partial charge in [0.2, 0.25) is 0 Å². The number of rotatable bonds is 2. The van der Waals surface area contributed by atoms with Crippen LogP contribution in [0.3, 0.4) is 0 Å². The summed E-state index contributed by atoms with van der Waals surface area (Å²) in [5.74, 6) is 4.47. The van der Waals surface area contributed by atoms with Crippen LogP contribution in [0.25, 0.3) is 0 Å². The highest BCUT2D eigenvalue weighted by molar-refractivity contribution is 7.79. The van der Waals surface area contributed by atoms with Crippen LogP contribution in [0.15, 0.2) is 0 Å². The van der Waals surface area contributed by atoms with Crippen molar-refractivity contribution >= 4 is 17.5 Å². The van der Waals surface area contributed by atoms with Gasteiger partial charge >= 0.3 is 5.24 Å². The summed E-state index contributed by atoms with van der Waals surface area (Å²) < 4.78 is 9.34. The van der Waals surface area contributed by atoms with Gasteiger partial charge in [0.05, 0.1) is 0 Å². The molecule has 0 fully saturated rings. The molecular formula is C7H6O2S. The molecule has 0 aromatic heterocycles. The Morgan fingerprint density at radius 3 is 1.90 bits per heavy atom. The fourth-order valence-corrected chi connectivity index (χ4v) is 0.361. The minimum Gasteiger partial charge on any atom is -0.444 e. The molecule has 3 heteroatoms. The Bertz CT molecular complexity index is 165. The zero-order valence-corrected chi connectivity index (χ0v) is 6.11. The van der Waals surface area contributed by atoms with Crippen molar-refractivity contribution in [2.24, 2.45) is 0 Å². The number of ether oxygens (including phenoxy) is 2. The van der Waals surface area contributed by atoms with Gasteiger partial charge in [-0.1, -0.05) is 11.8 Å². The third-order valence-electron chi connectivity index (χ3n) is 0.547. The van der Waals surface area contributed by atoms with Crippen LogP contribution in [0.4, 0.5) is 0 Å². The molecule has 0 heterocycles. The van der Waals surface area contributed by atoms with Crippen molar-refractivity contribution in [2.75, 3.05) is 13.2 Å². The number of thiocarbonyl (C=S) groups is 1. The monoisotopic (exact) mass is 154 g/mol. The lowest BCUT2D eigenvalue weighted by molar-refractivity contribution is 0.219. The van der Waals surface area contributed by atoms with Crippen molar-refractivity contribution in [3.63, 3.8) is 0 Å². The predicted octanol–water partition coefficient (Wildman–Crippen LogP) is 0.571. The lowest BCUT2D eigenvalue weighted by Gasteiger charge is -2.01. The van der Waals surface area contributed by atoms with E-state index in [-0.39, 0.29) is 18.5 Å². The van der Waals surface area contributed by atoms with Crippen LogP contribution in [-0.4, -0.2) is 18.5 Å². The molecule has 0 aliphatic heterocycles. The fraction of sp³-hybridized carbons (Fsp3) is 0.286. The first-order valence-corrected chi connectivity index (χ1v) is 2.88. The van der Waals surface area contributed by atoms with Gasteiger partial charge in [0.15, 0.2) is 13.2 Å². The summed E-state index contributed by atoms with van der Waals surface area (Å²) >= 11 is 4.55. The van der Waals surface area contributed by atoms with Crippen LogP contribution < -0.4 is 0 Å². The van der Waals surface area contributed by atoms with Crippen LogP contribution in [0.5, 0.6) is 0 Å². The van der Waals surface area contributed by atoms with Gasteiger partial charge in [-0.3, -0.25) is 0 Å². The first-order valence-electron chi connectivity index (χ1n) is 2.47. The van der Waals surface area contributed by atoms with Gasteiger partial charge in [0.1, 0.15) is 0 Å². The molecule has 10 heavy (non-hydrogen) atoms. The van der Waals surface area contributed by atoms with E-state index in [0.717, 1.165) is 0 Å². The summed E-state index contributed by atoms with van der Waals surface area (Å²) in [5, 5.41) is -0.00380. The van der Waals surface area contributed by atoms with Gasteiger partial charge in [-0.15, -0.1) is 12.8 Å². The fourth-order valence-electron chi connectivity index (χ4n) is 0.243. The zero-order valence-electron chi connectivity index (χ0n) is 5.29. The molecule has 2 nitrogen and oxygen atoms in total. The van der Waals surface area contributed by atoms with Crippen molar-refractivity contribution in [2.45, 2.75) is 0 Å². The number of terminal acetylenes is 2. The summed E-state index contributed by atoms with van der Waals surface area (Å²) in [6.45, 7) is 0.229. The molecule has 0 bridgehead atoms. The van der Waals surface area contributed by atoms with Gasteiger partial charge < -0.3 is 9.47 Å². The maximum atomic E-state index is 4.87.